The van der Waals surface area contributed by atoms with E-state index in [4.69, 9.17) is 37.0 Å². The van der Waals surface area contributed by atoms with Crippen LogP contribution in [0.3, 0.4) is 0 Å². The lowest BCUT2D eigenvalue weighted by Crippen LogP contribution is -2.30. The number of carbonyl (C=O) groups excluding carboxylic acids is 4. The molecule has 0 radical (unpaired) electrons. The Morgan fingerprint density at radius 3 is 0.689 bits per heavy atom. The van der Waals surface area contributed by atoms with Crippen molar-refractivity contribution in [2.24, 2.45) is 23.7 Å². The molecule has 0 heterocycles. The van der Waals surface area contributed by atoms with Crippen molar-refractivity contribution in [3.05, 3.63) is 0 Å². The van der Waals surface area contributed by atoms with Gasteiger partial charge in [0.05, 0.1) is 26.4 Å². The molecule has 0 spiro atoms. The van der Waals surface area contributed by atoms with Gasteiger partial charge in [-0.1, -0.05) is 299 Å². The smallest absolute Gasteiger partial charge is 0.462 e. The normalized spacial score (nSPS) is 14.3. The van der Waals surface area contributed by atoms with Gasteiger partial charge >= 0.3 is 39.5 Å². The number of aliphatic hydroxyl groups excluding tert-OH is 1. The zero-order valence-electron chi connectivity index (χ0n) is 58.8. The van der Waals surface area contributed by atoms with E-state index in [1.165, 1.54) is 148 Å². The first-order chi connectivity index (χ1) is 43.1. The number of phosphoric ester groups is 2. The van der Waals surface area contributed by atoms with Gasteiger partial charge in [0.2, 0.25) is 0 Å². The van der Waals surface area contributed by atoms with Crippen molar-refractivity contribution in [3.8, 4) is 0 Å². The van der Waals surface area contributed by atoms with Gasteiger partial charge < -0.3 is 33.8 Å². The summed E-state index contributed by atoms with van der Waals surface area (Å²) >= 11 is 0. The fraction of sp³-hybridized carbons (Fsp3) is 0.944. The Balaban J connectivity index is 5.24. The van der Waals surface area contributed by atoms with Crippen LogP contribution >= 0.6 is 15.6 Å². The quantitative estimate of drug-likeness (QED) is 0.0222. The second kappa shape index (κ2) is 60.7. The van der Waals surface area contributed by atoms with E-state index in [0.29, 0.717) is 31.6 Å². The van der Waals surface area contributed by atoms with E-state index in [9.17, 15) is 43.2 Å². The number of rotatable bonds is 68. The second-order valence-electron chi connectivity index (χ2n) is 27.5. The van der Waals surface area contributed by atoms with Gasteiger partial charge in [-0.2, -0.15) is 0 Å². The zero-order chi connectivity index (χ0) is 66.8. The minimum atomic E-state index is -4.95. The van der Waals surface area contributed by atoms with Crippen LogP contribution in [0.2, 0.25) is 0 Å². The van der Waals surface area contributed by atoms with Crippen LogP contribution in [0.5, 0.6) is 0 Å². The van der Waals surface area contributed by atoms with Gasteiger partial charge in [0, 0.05) is 25.7 Å². The van der Waals surface area contributed by atoms with Crippen molar-refractivity contribution in [2.75, 3.05) is 39.6 Å². The van der Waals surface area contributed by atoms with Crippen molar-refractivity contribution in [2.45, 2.75) is 369 Å². The first-order valence-corrected chi connectivity index (χ1v) is 39.7. The third-order valence-corrected chi connectivity index (χ3v) is 18.2. The molecule has 0 aliphatic rings. The van der Waals surface area contributed by atoms with E-state index >= 15 is 0 Å². The van der Waals surface area contributed by atoms with Crippen LogP contribution in [0.4, 0.5) is 0 Å². The summed E-state index contributed by atoms with van der Waals surface area (Å²) in [6, 6.07) is 0. The first kappa shape index (κ1) is 88.1. The van der Waals surface area contributed by atoms with Crippen LogP contribution in [0.15, 0.2) is 0 Å². The van der Waals surface area contributed by atoms with E-state index < -0.39 is 97.5 Å². The molecule has 0 aromatic rings. The molecule has 0 aromatic heterocycles. The molecule has 0 aromatic carbocycles. The summed E-state index contributed by atoms with van der Waals surface area (Å²) < 4.78 is 68.3. The minimum Gasteiger partial charge on any atom is -0.462 e. The maximum Gasteiger partial charge on any atom is 0.472 e. The predicted octanol–water partition coefficient (Wildman–Crippen LogP) is 20.1. The molecule has 0 saturated heterocycles. The van der Waals surface area contributed by atoms with Crippen molar-refractivity contribution in [1.82, 2.24) is 0 Å². The Labute approximate surface area is 549 Å². The highest BCUT2D eigenvalue weighted by Gasteiger charge is 2.30. The Kier molecular flexibility index (Phi) is 59.4. The summed E-state index contributed by atoms with van der Waals surface area (Å²) in [6.45, 7) is 14.1. The molecule has 0 amide bonds. The number of aliphatic hydroxyl groups is 1. The summed E-state index contributed by atoms with van der Waals surface area (Å²) in [5, 5.41) is 10.6. The lowest BCUT2D eigenvalue weighted by Gasteiger charge is -2.21. The van der Waals surface area contributed by atoms with E-state index in [1.54, 1.807) is 0 Å². The third kappa shape index (κ3) is 64.8. The van der Waals surface area contributed by atoms with Gasteiger partial charge in [0.1, 0.15) is 19.3 Å². The van der Waals surface area contributed by atoms with Crippen molar-refractivity contribution in [1.29, 1.82) is 0 Å². The summed E-state index contributed by atoms with van der Waals surface area (Å²) in [4.78, 5) is 72.6. The number of phosphoric acid groups is 2. The highest BCUT2D eigenvalue weighted by molar-refractivity contribution is 7.47. The Morgan fingerprint density at radius 2 is 0.467 bits per heavy atom. The summed E-state index contributed by atoms with van der Waals surface area (Å²) in [5.74, 6) is 0.837. The number of carbonyl (C=O) groups is 4. The molecule has 534 valence electrons. The van der Waals surface area contributed by atoms with Crippen LogP contribution in [-0.2, 0) is 65.4 Å². The molecule has 0 saturated carbocycles. The molecular formula is C71H138O17P2. The fourth-order valence-corrected chi connectivity index (χ4v) is 12.2. The number of esters is 4. The van der Waals surface area contributed by atoms with Gasteiger partial charge in [0.15, 0.2) is 12.2 Å². The standard InChI is InChI=1S/C71H138O17P2/c1-61(2)47-39-31-23-16-12-10-9-11-13-18-27-35-43-51-68(73)81-57-66(87-70(75)53-45-37-28-19-15-14-17-24-32-40-48-62(3)4)59-85-89(77,78)83-55-65(72)56-84-90(79,80)86-60-67(58-82-69(74)52-44-36-30-22-26-34-42-50-64(7)8)88-71(76)54-46-38-29-21-20-25-33-41-49-63(5)6/h61-67,72H,9-60H2,1-8H3,(H,77,78)(H,79,80)/t65?,66-,67-/m1/s1. The van der Waals surface area contributed by atoms with Crippen LogP contribution in [0, 0.1) is 23.7 Å². The Hall–Kier alpha value is -1.94. The maximum atomic E-state index is 13.0. The molecule has 0 bridgehead atoms. The molecule has 0 rings (SSSR count). The fourth-order valence-electron chi connectivity index (χ4n) is 10.7. The molecule has 3 N–H and O–H groups in total. The van der Waals surface area contributed by atoms with Gasteiger partial charge in [-0.05, 0) is 49.4 Å². The first-order valence-electron chi connectivity index (χ1n) is 36.7. The topological polar surface area (TPSA) is 237 Å². The van der Waals surface area contributed by atoms with Crippen LogP contribution in [0.1, 0.15) is 351 Å². The summed E-state index contributed by atoms with van der Waals surface area (Å²) in [6.07, 6.45) is 43.2. The molecule has 90 heavy (non-hydrogen) atoms. The third-order valence-electron chi connectivity index (χ3n) is 16.3. The maximum absolute atomic E-state index is 13.0. The average molecular weight is 1330 g/mol. The van der Waals surface area contributed by atoms with Crippen LogP contribution in [-0.4, -0.2) is 96.7 Å². The number of unbranched alkanes of at least 4 members (excludes halogenated alkanes) is 34. The van der Waals surface area contributed by atoms with Gasteiger partial charge in [-0.3, -0.25) is 37.3 Å². The second-order valence-corrected chi connectivity index (χ2v) is 30.4. The monoisotopic (exact) mass is 1320 g/mol. The molecule has 17 nitrogen and oxygen atoms in total. The number of ether oxygens (including phenoxy) is 4. The van der Waals surface area contributed by atoms with Crippen LogP contribution in [0.25, 0.3) is 0 Å². The minimum absolute atomic E-state index is 0.103. The van der Waals surface area contributed by atoms with Gasteiger partial charge in [-0.15, -0.1) is 0 Å². The van der Waals surface area contributed by atoms with E-state index in [2.05, 4.69) is 55.4 Å². The zero-order valence-corrected chi connectivity index (χ0v) is 60.6. The molecule has 0 aliphatic heterocycles. The van der Waals surface area contributed by atoms with E-state index in [1.807, 2.05) is 0 Å². The Morgan fingerprint density at radius 1 is 0.278 bits per heavy atom. The largest absolute Gasteiger partial charge is 0.472 e. The highest BCUT2D eigenvalue weighted by Crippen LogP contribution is 2.45. The van der Waals surface area contributed by atoms with E-state index in [-0.39, 0.29) is 25.7 Å². The number of hydrogen-bond acceptors (Lipinski definition) is 15. The Bertz CT molecular complexity index is 1780. The molecular weight excluding hydrogens is 1190 g/mol. The molecule has 19 heteroatoms. The molecule has 0 fully saturated rings. The van der Waals surface area contributed by atoms with Crippen LogP contribution < -0.4 is 0 Å². The predicted molar refractivity (Wildman–Crippen MR) is 363 cm³/mol. The summed E-state index contributed by atoms with van der Waals surface area (Å²) in [5.41, 5.74) is 0. The van der Waals surface area contributed by atoms with E-state index in [0.717, 1.165) is 114 Å². The van der Waals surface area contributed by atoms with Crippen molar-refractivity contribution in [3.63, 3.8) is 0 Å². The summed E-state index contributed by atoms with van der Waals surface area (Å²) in [7, 11) is -9.90. The van der Waals surface area contributed by atoms with Crippen molar-refractivity contribution < 1.29 is 80.2 Å². The average Bonchev–Trinajstić information content (AvgIpc) is 2.79. The molecule has 0 aliphatic carbocycles. The number of hydrogen-bond donors (Lipinski definition) is 3. The molecule has 5 atom stereocenters. The molecule has 3 unspecified atom stereocenters. The van der Waals surface area contributed by atoms with Crippen molar-refractivity contribution >= 4 is 39.5 Å². The lowest BCUT2D eigenvalue weighted by molar-refractivity contribution is -0.161. The highest BCUT2D eigenvalue weighted by atomic mass is 31.2. The van der Waals surface area contributed by atoms with Gasteiger partial charge in [-0.25, -0.2) is 9.13 Å². The van der Waals surface area contributed by atoms with Gasteiger partial charge in [0.25, 0.3) is 0 Å². The SMILES string of the molecule is CC(C)CCCCCCCCCCCCCCCC(=O)OC[C@H](COP(=O)(O)OCC(O)COP(=O)(O)OC[C@@H](COC(=O)CCCCCCCCCC(C)C)OC(=O)CCCCCCCCCCC(C)C)OC(=O)CCCCCCCCCCCCC(C)C. The lowest BCUT2D eigenvalue weighted by atomic mass is 10.0.